The van der Waals surface area contributed by atoms with E-state index in [-0.39, 0.29) is 17.0 Å². The van der Waals surface area contributed by atoms with Gasteiger partial charge in [0, 0.05) is 43.5 Å². The van der Waals surface area contributed by atoms with E-state index in [9.17, 15) is 18.8 Å². The Kier molecular flexibility index (Phi) is 8.31. The third-order valence-electron chi connectivity index (χ3n) is 6.53. The zero-order chi connectivity index (χ0) is 27.2. The molecule has 0 unspecified atom stereocenters. The summed E-state index contributed by atoms with van der Waals surface area (Å²) < 4.78 is 14.7. The van der Waals surface area contributed by atoms with Crippen molar-refractivity contribution in [3.63, 3.8) is 0 Å². The van der Waals surface area contributed by atoms with Gasteiger partial charge in [-0.1, -0.05) is 55.8 Å². The van der Waals surface area contributed by atoms with Crippen LogP contribution in [0.1, 0.15) is 51.4 Å². The first kappa shape index (κ1) is 26.7. The second-order valence-electron chi connectivity index (χ2n) is 8.99. The van der Waals surface area contributed by atoms with E-state index < -0.39 is 11.7 Å². The summed E-state index contributed by atoms with van der Waals surface area (Å²) in [5, 5.41) is 7.93. The summed E-state index contributed by atoms with van der Waals surface area (Å²) in [4.78, 5) is 41.4. The van der Waals surface area contributed by atoms with E-state index in [4.69, 9.17) is 0 Å². The second kappa shape index (κ2) is 11.8. The number of fused-ring (bicyclic) bond motifs is 1. The van der Waals surface area contributed by atoms with Crippen molar-refractivity contribution in [1.29, 1.82) is 0 Å². The molecule has 4 aromatic rings. The minimum Gasteiger partial charge on any atom is -0.335 e. The number of benzene rings is 3. The Labute approximate surface area is 220 Å². The molecular formula is C30H31FN4O3. The molecule has 1 saturated heterocycles. The molecule has 8 heteroatoms. The molecule has 1 aromatic heterocycles. The number of hydrogen-bond donors (Lipinski definition) is 1. The summed E-state index contributed by atoms with van der Waals surface area (Å²) in [6, 6.07) is 19.0. The number of aryl methyl sites for hydroxylation is 1. The molecule has 1 aliphatic rings. The predicted octanol–water partition coefficient (Wildman–Crippen LogP) is 4.59. The Bertz CT molecular complexity index is 1520. The molecule has 0 radical (unpaired) electrons. The molecule has 3 aromatic carbocycles. The van der Waals surface area contributed by atoms with Crippen LogP contribution in [-0.4, -0.2) is 58.0 Å². The fourth-order valence-corrected chi connectivity index (χ4v) is 4.59. The van der Waals surface area contributed by atoms with Gasteiger partial charge in [-0.2, -0.15) is 5.10 Å². The average Bonchev–Trinajstić information content (AvgIpc) is 2.96. The lowest BCUT2D eigenvalue weighted by molar-refractivity contribution is 0.0532. The van der Waals surface area contributed by atoms with Crippen LogP contribution < -0.4 is 5.56 Å². The molecule has 0 saturated carbocycles. The maximum atomic E-state index is 14.7. The smallest absolute Gasteiger partial charge is 0.272 e. The van der Waals surface area contributed by atoms with Gasteiger partial charge < -0.3 is 9.80 Å². The molecule has 5 rings (SSSR count). The zero-order valence-corrected chi connectivity index (χ0v) is 21.8. The third kappa shape index (κ3) is 5.64. The molecule has 2 amide bonds. The molecule has 0 aliphatic carbocycles. The van der Waals surface area contributed by atoms with Gasteiger partial charge in [-0.15, -0.1) is 0 Å². The fraction of sp³-hybridized carbons (Fsp3) is 0.267. The van der Waals surface area contributed by atoms with Gasteiger partial charge in [0.05, 0.1) is 16.6 Å². The van der Waals surface area contributed by atoms with Crippen molar-refractivity contribution in [2.75, 3.05) is 26.2 Å². The lowest BCUT2D eigenvalue weighted by Gasteiger charge is -2.35. The number of rotatable bonds is 4. The van der Waals surface area contributed by atoms with Crippen LogP contribution in [0.5, 0.6) is 0 Å². The van der Waals surface area contributed by atoms with Crippen LogP contribution in [0.3, 0.4) is 0 Å². The highest BCUT2D eigenvalue weighted by Crippen LogP contribution is 2.20. The van der Waals surface area contributed by atoms with Gasteiger partial charge in [0.15, 0.2) is 0 Å². The molecule has 7 nitrogen and oxygen atoms in total. The van der Waals surface area contributed by atoms with Crippen LogP contribution in [0.15, 0.2) is 71.5 Å². The van der Waals surface area contributed by atoms with E-state index >= 15 is 0 Å². The summed E-state index contributed by atoms with van der Waals surface area (Å²) in [6.07, 6.45) is 0.330. The lowest BCUT2D eigenvalue weighted by atomic mass is 10.0. The molecule has 38 heavy (non-hydrogen) atoms. The number of aromatic nitrogens is 2. The molecule has 1 fully saturated rings. The van der Waals surface area contributed by atoms with Crippen molar-refractivity contribution in [2.45, 2.75) is 27.2 Å². The normalized spacial score (nSPS) is 13.2. The minimum absolute atomic E-state index is 0.0142. The summed E-state index contributed by atoms with van der Waals surface area (Å²) in [6.45, 7) is 7.35. The average molecular weight is 515 g/mol. The highest BCUT2D eigenvalue weighted by Gasteiger charge is 2.27. The number of piperazine rings is 1. The van der Waals surface area contributed by atoms with Crippen LogP contribution in [-0.2, 0) is 6.42 Å². The Balaban J connectivity index is 0.00000164. The topological polar surface area (TPSA) is 86.4 Å². The van der Waals surface area contributed by atoms with E-state index in [1.165, 1.54) is 6.07 Å². The van der Waals surface area contributed by atoms with Gasteiger partial charge in [-0.3, -0.25) is 14.4 Å². The van der Waals surface area contributed by atoms with Crippen molar-refractivity contribution in [3.05, 3.63) is 111 Å². The Morgan fingerprint density at radius 3 is 2.21 bits per heavy atom. The highest BCUT2D eigenvalue weighted by molar-refractivity contribution is 5.96. The summed E-state index contributed by atoms with van der Waals surface area (Å²) in [5.41, 5.74) is 2.69. The summed E-state index contributed by atoms with van der Waals surface area (Å²) in [7, 11) is 0. The number of nitrogens with one attached hydrogen (secondary N) is 1. The van der Waals surface area contributed by atoms with E-state index in [0.29, 0.717) is 60.2 Å². The van der Waals surface area contributed by atoms with E-state index in [1.807, 2.05) is 51.1 Å². The molecule has 1 N–H and O–H groups in total. The largest absolute Gasteiger partial charge is 0.335 e. The number of aromatic amines is 1. The van der Waals surface area contributed by atoms with Gasteiger partial charge >= 0.3 is 0 Å². The van der Waals surface area contributed by atoms with Gasteiger partial charge in [-0.25, -0.2) is 9.49 Å². The van der Waals surface area contributed by atoms with Crippen molar-refractivity contribution < 1.29 is 14.0 Å². The first-order chi connectivity index (χ1) is 18.4. The highest BCUT2D eigenvalue weighted by atomic mass is 19.1. The predicted molar refractivity (Wildman–Crippen MR) is 146 cm³/mol. The first-order valence-electron chi connectivity index (χ1n) is 12.8. The second-order valence-corrected chi connectivity index (χ2v) is 8.99. The van der Waals surface area contributed by atoms with Crippen LogP contribution in [0, 0.1) is 12.7 Å². The number of carbonyl (C=O) groups is 2. The molecule has 0 bridgehead atoms. The zero-order valence-electron chi connectivity index (χ0n) is 21.8. The molecule has 0 spiro atoms. The third-order valence-corrected chi connectivity index (χ3v) is 6.53. The lowest BCUT2D eigenvalue weighted by Crippen LogP contribution is -2.50. The molecule has 1 aliphatic heterocycles. The van der Waals surface area contributed by atoms with Crippen molar-refractivity contribution >= 4 is 22.6 Å². The van der Waals surface area contributed by atoms with Gasteiger partial charge in [0.25, 0.3) is 17.4 Å². The number of hydrogen-bond acceptors (Lipinski definition) is 4. The standard InChI is InChI=1S/C28H25FN4O3.C2H6/c1-18-5-4-6-20(15-18)27(35)32-11-13-33(14-12-32)28(36)23-16-19(9-10-24(23)29)17-25-21-7-2-3-8-22(21)26(34)31-30-25;1-2/h2-10,15-16H,11-14,17H2,1H3,(H,31,34);1-2H3. The number of amides is 2. The monoisotopic (exact) mass is 514 g/mol. The number of halogens is 1. The van der Waals surface area contributed by atoms with Crippen LogP contribution in [0.25, 0.3) is 10.8 Å². The minimum atomic E-state index is -0.596. The van der Waals surface area contributed by atoms with Crippen molar-refractivity contribution in [2.24, 2.45) is 0 Å². The Morgan fingerprint density at radius 1 is 0.868 bits per heavy atom. The Morgan fingerprint density at radius 2 is 1.53 bits per heavy atom. The molecule has 196 valence electrons. The van der Waals surface area contributed by atoms with Gasteiger partial charge in [0.1, 0.15) is 5.82 Å². The van der Waals surface area contributed by atoms with Gasteiger partial charge in [0.2, 0.25) is 0 Å². The van der Waals surface area contributed by atoms with Crippen molar-refractivity contribution in [3.8, 4) is 0 Å². The van der Waals surface area contributed by atoms with Crippen LogP contribution in [0.2, 0.25) is 0 Å². The van der Waals surface area contributed by atoms with E-state index in [1.54, 1.807) is 40.1 Å². The molecule has 2 heterocycles. The molecular weight excluding hydrogens is 483 g/mol. The summed E-state index contributed by atoms with van der Waals surface area (Å²) in [5.74, 6) is -1.07. The Hall–Kier alpha value is -4.33. The van der Waals surface area contributed by atoms with Crippen LogP contribution in [0.4, 0.5) is 4.39 Å². The van der Waals surface area contributed by atoms with Crippen LogP contribution >= 0.6 is 0 Å². The summed E-state index contributed by atoms with van der Waals surface area (Å²) >= 11 is 0. The van der Waals surface area contributed by atoms with E-state index in [0.717, 1.165) is 5.56 Å². The fourth-order valence-electron chi connectivity index (χ4n) is 4.59. The maximum absolute atomic E-state index is 14.7. The van der Waals surface area contributed by atoms with E-state index in [2.05, 4.69) is 10.2 Å². The maximum Gasteiger partial charge on any atom is 0.272 e. The number of H-pyrrole nitrogens is 1. The van der Waals surface area contributed by atoms with Crippen molar-refractivity contribution in [1.82, 2.24) is 20.0 Å². The number of carbonyl (C=O) groups excluding carboxylic acids is 2. The quantitative estimate of drug-likeness (QED) is 0.432. The first-order valence-corrected chi connectivity index (χ1v) is 12.8. The SMILES string of the molecule is CC.Cc1cccc(C(=O)N2CCN(C(=O)c3cc(Cc4n[nH]c(=O)c5ccccc45)ccc3F)CC2)c1. The number of nitrogens with zero attached hydrogens (tertiary/aromatic N) is 3. The molecule has 0 atom stereocenters. The van der Waals surface area contributed by atoms with Gasteiger partial charge in [-0.05, 0) is 42.8 Å².